The Morgan fingerprint density at radius 1 is 1.12 bits per heavy atom. The number of carbonyl (C=O) groups excluding carboxylic acids is 1. The van der Waals surface area contributed by atoms with E-state index >= 15 is 0 Å². The highest BCUT2D eigenvalue weighted by Gasteiger charge is 2.28. The lowest BCUT2D eigenvalue weighted by atomic mass is 9.98. The van der Waals surface area contributed by atoms with Crippen molar-refractivity contribution in [2.75, 3.05) is 19.9 Å². The molecule has 2 aromatic rings. The molecular formula is C19H18ClNO3. The molecular weight excluding hydrogens is 326 g/mol. The minimum atomic E-state index is 0.167. The van der Waals surface area contributed by atoms with Gasteiger partial charge in [0.15, 0.2) is 11.5 Å². The second kappa shape index (κ2) is 6.36. The average Bonchev–Trinajstić information content (AvgIpc) is 3.25. The van der Waals surface area contributed by atoms with Crippen molar-refractivity contribution in [3.63, 3.8) is 0 Å². The normalized spacial score (nSPS) is 18.9. The lowest BCUT2D eigenvalue weighted by Gasteiger charge is -2.17. The molecule has 0 N–H and O–H groups in total. The Morgan fingerprint density at radius 2 is 1.92 bits per heavy atom. The molecule has 4 rings (SSSR count). The van der Waals surface area contributed by atoms with Gasteiger partial charge in [-0.05, 0) is 41.8 Å². The fourth-order valence-corrected chi connectivity index (χ4v) is 3.44. The van der Waals surface area contributed by atoms with Crippen molar-refractivity contribution in [3.05, 3.63) is 58.6 Å². The average molecular weight is 344 g/mol. The van der Waals surface area contributed by atoms with E-state index in [2.05, 4.69) is 6.07 Å². The van der Waals surface area contributed by atoms with Crippen molar-refractivity contribution in [1.29, 1.82) is 0 Å². The zero-order chi connectivity index (χ0) is 16.5. The summed E-state index contributed by atoms with van der Waals surface area (Å²) in [7, 11) is 0. The highest BCUT2D eigenvalue weighted by molar-refractivity contribution is 6.30. The Morgan fingerprint density at radius 3 is 2.75 bits per heavy atom. The van der Waals surface area contributed by atoms with Crippen molar-refractivity contribution in [2.45, 2.75) is 18.8 Å². The summed E-state index contributed by atoms with van der Waals surface area (Å²) in [6.45, 7) is 1.84. The second-order valence-corrected chi connectivity index (χ2v) is 6.68. The Balaban J connectivity index is 1.40. The van der Waals surface area contributed by atoms with Gasteiger partial charge in [0.05, 0.1) is 6.42 Å². The van der Waals surface area contributed by atoms with Gasteiger partial charge in [0.25, 0.3) is 0 Å². The van der Waals surface area contributed by atoms with Crippen LogP contribution in [0.4, 0.5) is 0 Å². The van der Waals surface area contributed by atoms with E-state index in [0.717, 1.165) is 36.6 Å². The highest BCUT2D eigenvalue weighted by atomic mass is 35.5. The summed E-state index contributed by atoms with van der Waals surface area (Å²) in [5.41, 5.74) is 2.21. The molecule has 1 amide bonds. The van der Waals surface area contributed by atoms with Crippen LogP contribution in [0.5, 0.6) is 11.5 Å². The van der Waals surface area contributed by atoms with Gasteiger partial charge in [-0.3, -0.25) is 4.79 Å². The minimum absolute atomic E-state index is 0.167. The van der Waals surface area contributed by atoms with Gasteiger partial charge in [0.1, 0.15) is 0 Å². The van der Waals surface area contributed by atoms with E-state index in [0.29, 0.717) is 17.4 Å². The summed E-state index contributed by atoms with van der Waals surface area (Å²) in [6.07, 6.45) is 1.40. The molecule has 4 nitrogen and oxygen atoms in total. The molecule has 1 atom stereocenters. The van der Waals surface area contributed by atoms with Crippen LogP contribution in [-0.2, 0) is 11.2 Å². The predicted molar refractivity (Wildman–Crippen MR) is 91.7 cm³/mol. The maximum Gasteiger partial charge on any atom is 0.231 e. The third kappa shape index (κ3) is 3.06. The molecule has 0 radical (unpaired) electrons. The minimum Gasteiger partial charge on any atom is -0.454 e. The highest BCUT2D eigenvalue weighted by Crippen LogP contribution is 2.37. The first-order valence-electron chi connectivity index (χ1n) is 8.11. The van der Waals surface area contributed by atoms with Gasteiger partial charge < -0.3 is 14.4 Å². The molecule has 5 heteroatoms. The fraction of sp³-hybridized carbons (Fsp3) is 0.316. The summed E-state index contributed by atoms with van der Waals surface area (Å²) in [6, 6.07) is 13.5. The standard InChI is InChI=1S/C19H18ClNO3/c20-16-4-1-13(2-5-16)9-19(22)21-8-7-15(11-21)14-3-6-17-18(10-14)24-12-23-17/h1-6,10,15H,7-9,11-12H2. The largest absolute Gasteiger partial charge is 0.454 e. The molecule has 2 aliphatic rings. The lowest BCUT2D eigenvalue weighted by Crippen LogP contribution is -2.29. The molecule has 1 saturated heterocycles. The number of benzene rings is 2. The molecule has 2 heterocycles. The fourth-order valence-electron chi connectivity index (χ4n) is 3.31. The lowest BCUT2D eigenvalue weighted by molar-refractivity contribution is -0.129. The number of hydrogen-bond acceptors (Lipinski definition) is 3. The Labute approximate surface area is 145 Å². The van der Waals surface area contributed by atoms with Gasteiger partial charge >= 0.3 is 0 Å². The molecule has 0 bridgehead atoms. The molecule has 24 heavy (non-hydrogen) atoms. The summed E-state index contributed by atoms with van der Waals surface area (Å²) >= 11 is 5.89. The van der Waals surface area contributed by atoms with Crippen molar-refractivity contribution in [3.8, 4) is 11.5 Å². The van der Waals surface area contributed by atoms with Crippen molar-refractivity contribution in [2.24, 2.45) is 0 Å². The van der Waals surface area contributed by atoms with Crippen LogP contribution in [0.3, 0.4) is 0 Å². The second-order valence-electron chi connectivity index (χ2n) is 6.24. The van der Waals surface area contributed by atoms with E-state index in [1.165, 1.54) is 5.56 Å². The SMILES string of the molecule is O=C(Cc1ccc(Cl)cc1)N1CCC(c2ccc3c(c2)OCO3)C1. The topological polar surface area (TPSA) is 38.8 Å². The van der Waals surface area contributed by atoms with Crippen LogP contribution in [0.15, 0.2) is 42.5 Å². The number of fused-ring (bicyclic) bond motifs is 1. The first-order valence-corrected chi connectivity index (χ1v) is 8.48. The molecule has 0 saturated carbocycles. The van der Waals surface area contributed by atoms with Crippen molar-refractivity contribution >= 4 is 17.5 Å². The monoisotopic (exact) mass is 343 g/mol. The van der Waals surface area contributed by atoms with Gasteiger partial charge in [-0.2, -0.15) is 0 Å². The maximum absolute atomic E-state index is 12.5. The number of halogens is 1. The van der Waals surface area contributed by atoms with Crippen LogP contribution in [0, 0.1) is 0 Å². The van der Waals surface area contributed by atoms with Crippen LogP contribution >= 0.6 is 11.6 Å². The Bertz CT molecular complexity index is 760. The Hall–Kier alpha value is -2.20. The number of carbonyl (C=O) groups is 1. The molecule has 2 aliphatic heterocycles. The van der Waals surface area contributed by atoms with Crippen LogP contribution < -0.4 is 9.47 Å². The first-order chi connectivity index (χ1) is 11.7. The van der Waals surface area contributed by atoms with Crippen molar-refractivity contribution in [1.82, 2.24) is 4.90 Å². The smallest absolute Gasteiger partial charge is 0.231 e. The van der Waals surface area contributed by atoms with Gasteiger partial charge in [-0.1, -0.05) is 29.8 Å². The van der Waals surface area contributed by atoms with Crippen molar-refractivity contribution < 1.29 is 14.3 Å². The summed E-state index contributed by atoms with van der Waals surface area (Å²) in [4.78, 5) is 14.5. The van der Waals surface area contributed by atoms with Crippen LogP contribution in [0.25, 0.3) is 0 Å². The molecule has 2 aromatic carbocycles. The zero-order valence-corrected chi connectivity index (χ0v) is 14.0. The predicted octanol–water partition coefficient (Wildman–Crippen LogP) is 3.63. The zero-order valence-electron chi connectivity index (χ0n) is 13.2. The van der Waals surface area contributed by atoms with E-state index in [1.807, 2.05) is 41.3 Å². The number of hydrogen-bond donors (Lipinski definition) is 0. The van der Waals surface area contributed by atoms with Gasteiger partial charge in [0, 0.05) is 24.0 Å². The Kier molecular flexibility index (Phi) is 4.07. The number of likely N-dealkylation sites (tertiary alicyclic amines) is 1. The first kappa shape index (κ1) is 15.3. The molecule has 0 aromatic heterocycles. The molecule has 1 unspecified atom stereocenters. The van der Waals surface area contributed by atoms with Crippen LogP contribution in [0.1, 0.15) is 23.5 Å². The van der Waals surface area contributed by atoms with E-state index in [4.69, 9.17) is 21.1 Å². The van der Waals surface area contributed by atoms with E-state index < -0.39 is 0 Å². The van der Waals surface area contributed by atoms with Crippen LogP contribution in [-0.4, -0.2) is 30.7 Å². The van der Waals surface area contributed by atoms with E-state index in [9.17, 15) is 4.79 Å². The summed E-state index contributed by atoms with van der Waals surface area (Å²) in [5, 5.41) is 0.690. The number of rotatable bonds is 3. The summed E-state index contributed by atoms with van der Waals surface area (Å²) < 4.78 is 10.8. The third-order valence-corrected chi connectivity index (χ3v) is 4.93. The number of amides is 1. The molecule has 0 aliphatic carbocycles. The third-order valence-electron chi connectivity index (χ3n) is 4.68. The van der Waals surface area contributed by atoms with Gasteiger partial charge in [0.2, 0.25) is 12.7 Å². The van der Waals surface area contributed by atoms with E-state index in [1.54, 1.807) is 0 Å². The number of nitrogens with zero attached hydrogens (tertiary/aromatic N) is 1. The maximum atomic E-state index is 12.5. The van der Waals surface area contributed by atoms with Gasteiger partial charge in [-0.15, -0.1) is 0 Å². The molecule has 1 fully saturated rings. The van der Waals surface area contributed by atoms with Gasteiger partial charge in [-0.25, -0.2) is 0 Å². The number of ether oxygens (including phenoxy) is 2. The quantitative estimate of drug-likeness (QED) is 0.854. The molecule has 0 spiro atoms. The van der Waals surface area contributed by atoms with Crippen LogP contribution in [0.2, 0.25) is 5.02 Å². The molecule has 124 valence electrons. The van der Waals surface area contributed by atoms with E-state index in [-0.39, 0.29) is 12.7 Å². The summed E-state index contributed by atoms with van der Waals surface area (Å²) in [5.74, 6) is 2.13.